The predicted octanol–water partition coefficient (Wildman–Crippen LogP) is 1.89. The average molecular weight is 240 g/mol. The zero-order valence-corrected chi connectivity index (χ0v) is 10.6. The molecule has 96 valence electrons. The average Bonchev–Trinajstić information content (AvgIpc) is 2.71. The molecule has 5 heteroatoms. The van der Waals surface area contributed by atoms with Crippen LogP contribution in [0.4, 0.5) is 0 Å². The Hall–Kier alpha value is -1.36. The van der Waals surface area contributed by atoms with Crippen molar-refractivity contribution in [3.63, 3.8) is 0 Å². The number of aryl methyl sites for hydroxylation is 1. The summed E-state index contributed by atoms with van der Waals surface area (Å²) in [6, 6.07) is 0. The van der Waals surface area contributed by atoms with Crippen molar-refractivity contribution in [2.75, 3.05) is 6.61 Å². The zero-order chi connectivity index (χ0) is 12.8. The number of nitrogens with zero attached hydrogens (tertiary/aromatic N) is 2. The minimum absolute atomic E-state index is 0.334. The molecule has 0 aliphatic heterocycles. The first-order valence-electron chi connectivity index (χ1n) is 5.91. The molecule has 0 aliphatic rings. The van der Waals surface area contributed by atoms with Crippen LogP contribution in [0.15, 0.2) is 12.4 Å². The fourth-order valence-corrected chi connectivity index (χ4v) is 1.75. The minimum Gasteiger partial charge on any atom is -0.479 e. The van der Waals surface area contributed by atoms with Gasteiger partial charge in [0.25, 0.3) is 0 Å². The van der Waals surface area contributed by atoms with E-state index >= 15 is 0 Å². The van der Waals surface area contributed by atoms with Crippen molar-refractivity contribution in [3.8, 4) is 0 Å². The van der Waals surface area contributed by atoms with Crippen LogP contribution >= 0.6 is 0 Å². The number of carboxylic acids is 1. The monoisotopic (exact) mass is 240 g/mol. The van der Waals surface area contributed by atoms with Crippen LogP contribution in [-0.4, -0.2) is 33.3 Å². The number of rotatable bonds is 7. The van der Waals surface area contributed by atoms with Gasteiger partial charge in [-0.15, -0.1) is 0 Å². The third kappa shape index (κ3) is 3.85. The number of carbonyl (C=O) groups is 1. The number of imidazole rings is 1. The van der Waals surface area contributed by atoms with Crippen LogP contribution in [0.2, 0.25) is 0 Å². The molecular weight excluding hydrogens is 220 g/mol. The minimum atomic E-state index is -0.905. The van der Waals surface area contributed by atoms with Gasteiger partial charge in [0.2, 0.25) is 0 Å². The van der Waals surface area contributed by atoms with E-state index in [0.717, 1.165) is 5.82 Å². The summed E-state index contributed by atoms with van der Waals surface area (Å²) in [5.41, 5.74) is 0. The van der Waals surface area contributed by atoms with Crippen LogP contribution in [0.25, 0.3) is 0 Å². The molecule has 1 aromatic heterocycles. The SMILES string of the molecule is CCOC(CCn1ccnc1C(C)C)C(=O)O. The highest BCUT2D eigenvalue weighted by molar-refractivity contribution is 5.72. The predicted molar refractivity (Wildman–Crippen MR) is 64.0 cm³/mol. The summed E-state index contributed by atoms with van der Waals surface area (Å²) >= 11 is 0. The normalized spacial score (nSPS) is 12.9. The first-order chi connectivity index (χ1) is 8.06. The molecule has 1 unspecified atom stereocenters. The van der Waals surface area contributed by atoms with Gasteiger partial charge in [0.1, 0.15) is 5.82 Å². The molecule has 1 heterocycles. The number of hydrogen-bond donors (Lipinski definition) is 1. The van der Waals surface area contributed by atoms with Gasteiger partial charge in [0.05, 0.1) is 0 Å². The van der Waals surface area contributed by atoms with Gasteiger partial charge in [-0.25, -0.2) is 9.78 Å². The Bertz CT molecular complexity index is 360. The van der Waals surface area contributed by atoms with E-state index in [1.807, 2.05) is 10.8 Å². The molecule has 0 fully saturated rings. The van der Waals surface area contributed by atoms with Crippen molar-refractivity contribution in [1.29, 1.82) is 0 Å². The van der Waals surface area contributed by atoms with Crippen molar-refractivity contribution in [1.82, 2.24) is 9.55 Å². The number of hydrogen-bond acceptors (Lipinski definition) is 3. The van der Waals surface area contributed by atoms with Crippen molar-refractivity contribution >= 4 is 5.97 Å². The molecule has 1 atom stereocenters. The summed E-state index contributed by atoms with van der Waals surface area (Å²) in [5, 5.41) is 8.96. The highest BCUT2D eigenvalue weighted by Gasteiger charge is 2.18. The second kappa shape index (κ2) is 6.39. The Kier molecular flexibility index (Phi) is 5.15. The van der Waals surface area contributed by atoms with Crippen molar-refractivity contribution in [2.45, 2.75) is 45.8 Å². The molecule has 0 aliphatic carbocycles. The summed E-state index contributed by atoms with van der Waals surface area (Å²) in [6.45, 7) is 6.96. The Morgan fingerprint density at radius 2 is 2.29 bits per heavy atom. The smallest absolute Gasteiger partial charge is 0.332 e. The highest BCUT2D eigenvalue weighted by Crippen LogP contribution is 2.13. The molecule has 0 bridgehead atoms. The third-order valence-electron chi connectivity index (χ3n) is 2.54. The van der Waals surface area contributed by atoms with E-state index < -0.39 is 12.1 Å². The summed E-state index contributed by atoms with van der Waals surface area (Å²) < 4.78 is 7.15. The van der Waals surface area contributed by atoms with Crippen LogP contribution in [0.5, 0.6) is 0 Å². The topological polar surface area (TPSA) is 64.4 Å². The van der Waals surface area contributed by atoms with Gasteiger partial charge in [-0.3, -0.25) is 0 Å². The van der Waals surface area contributed by atoms with Gasteiger partial charge >= 0.3 is 5.97 Å². The number of aliphatic carboxylic acids is 1. The summed E-state index contributed by atoms with van der Waals surface area (Å²) in [5.74, 6) is 0.407. The van der Waals surface area contributed by atoms with Crippen LogP contribution in [0.1, 0.15) is 38.9 Å². The van der Waals surface area contributed by atoms with Crippen molar-refractivity contribution in [2.24, 2.45) is 0 Å². The lowest BCUT2D eigenvalue weighted by molar-refractivity contribution is -0.150. The number of ether oxygens (including phenoxy) is 1. The van der Waals surface area contributed by atoms with Crippen LogP contribution in [-0.2, 0) is 16.1 Å². The van der Waals surface area contributed by atoms with E-state index in [4.69, 9.17) is 9.84 Å². The maximum atomic E-state index is 10.9. The molecular formula is C12H20N2O3. The summed E-state index contributed by atoms with van der Waals surface area (Å²) in [4.78, 5) is 15.2. The van der Waals surface area contributed by atoms with Crippen LogP contribution < -0.4 is 0 Å². The summed E-state index contributed by atoms with van der Waals surface area (Å²) in [6.07, 6.45) is 3.34. The second-order valence-electron chi connectivity index (χ2n) is 4.20. The Morgan fingerprint density at radius 1 is 1.59 bits per heavy atom. The van der Waals surface area contributed by atoms with Gasteiger partial charge in [0, 0.05) is 37.9 Å². The van der Waals surface area contributed by atoms with E-state index in [2.05, 4.69) is 18.8 Å². The molecule has 1 rings (SSSR count). The molecule has 0 aromatic carbocycles. The highest BCUT2D eigenvalue weighted by atomic mass is 16.5. The maximum Gasteiger partial charge on any atom is 0.332 e. The Morgan fingerprint density at radius 3 is 2.82 bits per heavy atom. The lowest BCUT2D eigenvalue weighted by atomic mass is 10.2. The van der Waals surface area contributed by atoms with Crippen LogP contribution in [0, 0.1) is 0 Å². The lowest BCUT2D eigenvalue weighted by Crippen LogP contribution is -2.25. The van der Waals surface area contributed by atoms with E-state index in [9.17, 15) is 4.79 Å². The van der Waals surface area contributed by atoms with Gasteiger partial charge in [-0.1, -0.05) is 13.8 Å². The third-order valence-corrected chi connectivity index (χ3v) is 2.54. The van der Waals surface area contributed by atoms with Gasteiger partial charge in [-0.05, 0) is 6.92 Å². The van der Waals surface area contributed by atoms with E-state index in [1.54, 1.807) is 13.1 Å². The summed E-state index contributed by atoms with van der Waals surface area (Å²) in [7, 11) is 0. The van der Waals surface area contributed by atoms with Crippen molar-refractivity contribution in [3.05, 3.63) is 18.2 Å². The molecule has 1 N–H and O–H groups in total. The number of carboxylic acid groups (broad SMARTS) is 1. The molecule has 17 heavy (non-hydrogen) atoms. The maximum absolute atomic E-state index is 10.9. The molecule has 1 aromatic rings. The first-order valence-corrected chi connectivity index (χ1v) is 5.91. The molecule has 0 saturated carbocycles. The Balaban J connectivity index is 2.59. The van der Waals surface area contributed by atoms with E-state index in [0.29, 0.717) is 25.5 Å². The standard InChI is InChI=1S/C12H20N2O3/c1-4-17-10(12(15)16)5-7-14-8-6-13-11(14)9(2)3/h6,8-10H,4-5,7H2,1-3H3,(H,15,16). The number of aromatic nitrogens is 2. The molecule has 5 nitrogen and oxygen atoms in total. The molecule has 0 amide bonds. The van der Waals surface area contributed by atoms with Crippen LogP contribution in [0.3, 0.4) is 0 Å². The molecule has 0 spiro atoms. The van der Waals surface area contributed by atoms with Gasteiger partial charge < -0.3 is 14.4 Å². The van der Waals surface area contributed by atoms with Gasteiger partial charge in [0.15, 0.2) is 6.10 Å². The van der Waals surface area contributed by atoms with Gasteiger partial charge in [-0.2, -0.15) is 0 Å². The quantitative estimate of drug-likeness (QED) is 0.790. The van der Waals surface area contributed by atoms with Crippen molar-refractivity contribution < 1.29 is 14.6 Å². The largest absolute Gasteiger partial charge is 0.479 e. The second-order valence-corrected chi connectivity index (χ2v) is 4.20. The Labute approximate surface area is 101 Å². The van der Waals surface area contributed by atoms with E-state index in [1.165, 1.54) is 0 Å². The zero-order valence-electron chi connectivity index (χ0n) is 10.6. The molecule has 0 saturated heterocycles. The first kappa shape index (κ1) is 13.7. The fourth-order valence-electron chi connectivity index (χ4n) is 1.75. The van der Waals surface area contributed by atoms with E-state index in [-0.39, 0.29) is 0 Å². The lowest BCUT2D eigenvalue weighted by Gasteiger charge is -2.14. The molecule has 0 radical (unpaired) electrons. The fraction of sp³-hybridized carbons (Fsp3) is 0.667.